The molecule has 0 saturated carbocycles. The van der Waals surface area contributed by atoms with Gasteiger partial charge in [0.2, 0.25) is 0 Å². The van der Waals surface area contributed by atoms with E-state index in [0.717, 1.165) is 6.07 Å². The van der Waals surface area contributed by atoms with Crippen molar-refractivity contribution < 1.29 is 18.0 Å². The monoisotopic (exact) mass is 271 g/mol. The molecule has 2 nitrogen and oxygen atoms in total. The normalized spacial score (nSPS) is 12.4. The Balaban J connectivity index is 3.27. The van der Waals surface area contributed by atoms with Gasteiger partial charge in [-0.1, -0.05) is 25.1 Å². The summed E-state index contributed by atoms with van der Waals surface area (Å²) < 4.78 is 38.6. The van der Waals surface area contributed by atoms with Gasteiger partial charge in [-0.2, -0.15) is 13.2 Å². The molecule has 0 fully saturated rings. The lowest BCUT2D eigenvalue weighted by atomic mass is 9.97. The molecule has 0 saturated heterocycles. The first-order valence-corrected chi connectivity index (χ1v) is 5.85. The highest BCUT2D eigenvalue weighted by molar-refractivity contribution is 6.09. The molecular weight excluding hydrogens is 255 g/mol. The second-order valence-corrected chi connectivity index (χ2v) is 4.34. The Kier molecular flexibility index (Phi) is 4.75. The van der Waals surface area contributed by atoms with Crippen molar-refractivity contribution in [3.05, 3.63) is 47.2 Å². The summed E-state index contributed by atoms with van der Waals surface area (Å²) in [5.41, 5.74) is -0.843. The van der Waals surface area contributed by atoms with Crippen molar-refractivity contribution in [2.24, 2.45) is 0 Å². The van der Waals surface area contributed by atoms with Gasteiger partial charge in [-0.05, 0) is 12.5 Å². The van der Waals surface area contributed by atoms with E-state index in [0.29, 0.717) is 12.0 Å². The Bertz CT molecular complexity index is 490. The molecule has 0 radical (unpaired) electrons. The van der Waals surface area contributed by atoms with E-state index in [1.165, 1.54) is 18.2 Å². The molecule has 1 rings (SSSR count). The summed E-state index contributed by atoms with van der Waals surface area (Å²) >= 11 is 0. The number of rotatable bonds is 4. The van der Waals surface area contributed by atoms with Crippen LogP contribution in [-0.4, -0.2) is 24.8 Å². The van der Waals surface area contributed by atoms with Gasteiger partial charge in [-0.25, -0.2) is 0 Å². The van der Waals surface area contributed by atoms with Crippen molar-refractivity contribution >= 4 is 5.78 Å². The van der Waals surface area contributed by atoms with Crippen LogP contribution in [0.25, 0.3) is 0 Å². The lowest BCUT2D eigenvalue weighted by molar-refractivity contribution is -0.137. The summed E-state index contributed by atoms with van der Waals surface area (Å²) in [6, 6.07) is 4.85. The molecule has 0 amide bonds. The summed E-state index contributed by atoms with van der Waals surface area (Å²) in [6.07, 6.45) is -2.60. The SMILES string of the molecule is CC/C(=C\N(C)C)C(=O)c1ccccc1C(F)(F)F. The van der Waals surface area contributed by atoms with Gasteiger partial charge in [0, 0.05) is 31.4 Å². The van der Waals surface area contributed by atoms with E-state index in [4.69, 9.17) is 0 Å². The van der Waals surface area contributed by atoms with E-state index in [2.05, 4.69) is 0 Å². The zero-order valence-corrected chi connectivity index (χ0v) is 11.1. The molecule has 1 aromatic rings. The van der Waals surface area contributed by atoms with Crippen molar-refractivity contribution in [3.63, 3.8) is 0 Å². The number of benzene rings is 1. The van der Waals surface area contributed by atoms with Crippen LogP contribution in [0.2, 0.25) is 0 Å². The van der Waals surface area contributed by atoms with Crippen molar-refractivity contribution in [1.82, 2.24) is 4.90 Å². The molecule has 0 aromatic heterocycles. The maximum absolute atomic E-state index is 12.9. The van der Waals surface area contributed by atoms with Gasteiger partial charge in [0.15, 0.2) is 5.78 Å². The van der Waals surface area contributed by atoms with Crippen molar-refractivity contribution in [2.75, 3.05) is 14.1 Å². The molecule has 0 aliphatic rings. The lowest BCUT2D eigenvalue weighted by Crippen LogP contribution is -2.15. The van der Waals surface area contributed by atoms with Gasteiger partial charge in [0.25, 0.3) is 0 Å². The average Bonchev–Trinajstić information content (AvgIpc) is 2.34. The molecule has 5 heteroatoms. The number of carbonyl (C=O) groups excluding carboxylic acids is 1. The fourth-order valence-electron chi connectivity index (χ4n) is 1.72. The molecule has 0 spiro atoms. The molecule has 0 aliphatic carbocycles. The van der Waals surface area contributed by atoms with Gasteiger partial charge in [0.05, 0.1) is 5.56 Å². The zero-order chi connectivity index (χ0) is 14.6. The topological polar surface area (TPSA) is 20.3 Å². The van der Waals surface area contributed by atoms with Gasteiger partial charge < -0.3 is 4.90 Å². The molecule has 0 heterocycles. The second-order valence-electron chi connectivity index (χ2n) is 4.34. The van der Waals surface area contributed by atoms with Gasteiger partial charge in [0.1, 0.15) is 0 Å². The van der Waals surface area contributed by atoms with Crippen molar-refractivity contribution in [2.45, 2.75) is 19.5 Å². The van der Waals surface area contributed by atoms with Crippen LogP contribution in [0, 0.1) is 0 Å². The smallest absolute Gasteiger partial charge is 0.383 e. The van der Waals surface area contributed by atoms with Gasteiger partial charge in [-0.3, -0.25) is 4.79 Å². The minimum absolute atomic E-state index is 0.301. The molecule has 19 heavy (non-hydrogen) atoms. The Labute approximate surface area is 110 Å². The predicted molar refractivity (Wildman–Crippen MR) is 67.8 cm³/mol. The minimum atomic E-state index is -4.52. The van der Waals surface area contributed by atoms with E-state index in [-0.39, 0.29) is 5.56 Å². The summed E-state index contributed by atoms with van der Waals surface area (Å²) in [6.45, 7) is 1.74. The third-order valence-corrected chi connectivity index (χ3v) is 2.56. The van der Waals surface area contributed by atoms with E-state index in [1.54, 1.807) is 32.1 Å². The molecule has 1 aromatic carbocycles. The first-order valence-electron chi connectivity index (χ1n) is 5.85. The predicted octanol–water partition coefficient (Wildman–Crippen LogP) is 3.74. The van der Waals surface area contributed by atoms with E-state index in [9.17, 15) is 18.0 Å². The van der Waals surface area contributed by atoms with Crippen LogP contribution in [0.5, 0.6) is 0 Å². The van der Waals surface area contributed by atoms with Crippen LogP contribution < -0.4 is 0 Å². The minimum Gasteiger partial charge on any atom is -0.383 e. The maximum atomic E-state index is 12.9. The first-order chi connectivity index (χ1) is 8.77. The summed E-state index contributed by atoms with van der Waals surface area (Å²) in [5.74, 6) is -0.580. The Morgan fingerprint density at radius 2 is 1.84 bits per heavy atom. The molecule has 0 unspecified atom stereocenters. The Morgan fingerprint density at radius 3 is 2.32 bits per heavy atom. The van der Waals surface area contributed by atoms with Crippen LogP contribution in [0.15, 0.2) is 36.0 Å². The molecule has 0 atom stereocenters. The number of allylic oxidation sites excluding steroid dienone is 1. The molecule has 0 bridgehead atoms. The second kappa shape index (κ2) is 5.91. The van der Waals surface area contributed by atoms with Crippen LogP contribution >= 0.6 is 0 Å². The third-order valence-electron chi connectivity index (χ3n) is 2.56. The lowest BCUT2D eigenvalue weighted by Gasteiger charge is -2.14. The highest BCUT2D eigenvalue weighted by atomic mass is 19.4. The van der Waals surface area contributed by atoms with Crippen molar-refractivity contribution in [1.29, 1.82) is 0 Å². The fourth-order valence-corrected chi connectivity index (χ4v) is 1.72. The number of nitrogens with zero attached hydrogens (tertiary/aromatic N) is 1. The maximum Gasteiger partial charge on any atom is 0.417 e. The number of carbonyl (C=O) groups is 1. The van der Waals surface area contributed by atoms with Gasteiger partial charge >= 0.3 is 6.18 Å². The molecule has 0 aliphatic heterocycles. The molecule has 104 valence electrons. The quantitative estimate of drug-likeness (QED) is 0.614. The van der Waals surface area contributed by atoms with Crippen LogP contribution in [-0.2, 0) is 6.18 Å². The highest BCUT2D eigenvalue weighted by Gasteiger charge is 2.35. The summed E-state index contributed by atoms with van der Waals surface area (Å²) in [5, 5.41) is 0. The number of hydrogen-bond donors (Lipinski definition) is 0. The Morgan fingerprint density at radius 1 is 1.26 bits per heavy atom. The van der Waals surface area contributed by atoms with Gasteiger partial charge in [-0.15, -0.1) is 0 Å². The third kappa shape index (κ3) is 3.84. The van der Waals surface area contributed by atoms with Crippen LogP contribution in [0.1, 0.15) is 29.3 Å². The summed E-state index contributed by atoms with van der Waals surface area (Å²) in [4.78, 5) is 13.8. The van der Waals surface area contributed by atoms with Crippen LogP contribution in [0.4, 0.5) is 13.2 Å². The highest BCUT2D eigenvalue weighted by Crippen LogP contribution is 2.33. The number of alkyl halides is 3. The first kappa shape index (κ1) is 15.3. The Hall–Kier alpha value is -1.78. The standard InChI is InChI=1S/C14H16F3NO/c1-4-10(9-18(2)3)13(19)11-7-5-6-8-12(11)14(15,16)17/h5-9H,4H2,1-3H3/b10-9+. The van der Waals surface area contributed by atoms with E-state index < -0.39 is 17.5 Å². The van der Waals surface area contributed by atoms with E-state index >= 15 is 0 Å². The zero-order valence-electron chi connectivity index (χ0n) is 11.1. The fraction of sp³-hybridized carbons (Fsp3) is 0.357. The van der Waals surface area contributed by atoms with Crippen LogP contribution in [0.3, 0.4) is 0 Å². The van der Waals surface area contributed by atoms with Crippen molar-refractivity contribution in [3.8, 4) is 0 Å². The number of ketones is 1. The molecule has 0 N–H and O–H groups in total. The number of hydrogen-bond acceptors (Lipinski definition) is 2. The number of Topliss-reactive ketones (excluding diaryl/α,β-unsaturated/α-hetero) is 1. The summed E-state index contributed by atoms with van der Waals surface area (Å²) in [7, 11) is 3.44. The molecular formula is C14H16F3NO. The average molecular weight is 271 g/mol. The number of halogens is 3. The van der Waals surface area contributed by atoms with E-state index in [1.807, 2.05) is 0 Å². The largest absolute Gasteiger partial charge is 0.417 e.